The summed E-state index contributed by atoms with van der Waals surface area (Å²) in [6, 6.07) is 7.87. The second-order valence-electron chi connectivity index (χ2n) is 4.08. The molecule has 1 aromatic carbocycles. The first-order valence-corrected chi connectivity index (χ1v) is 7.33. The standard InChI is InChI=1S/C13H17ClN2OS/c14-10-4-3-5-11(8-10)18-9-12(16-15)13-6-1-2-7-17-13/h3-6,8,12,16H,1-2,7,9,15H2. The van der Waals surface area contributed by atoms with Gasteiger partial charge in [0, 0.05) is 15.7 Å². The molecule has 1 aromatic rings. The Hall–Kier alpha value is -0.680. The summed E-state index contributed by atoms with van der Waals surface area (Å²) in [6.45, 7) is 0.784. The molecule has 1 aliphatic rings. The number of hydrogen-bond acceptors (Lipinski definition) is 4. The Morgan fingerprint density at radius 2 is 2.39 bits per heavy atom. The van der Waals surface area contributed by atoms with Crippen molar-refractivity contribution in [1.82, 2.24) is 5.43 Å². The highest BCUT2D eigenvalue weighted by molar-refractivity contribution is 7.99. The number of nitrogens with one attached hydrogen (secondary N) is 1. The van der Waals surface area contributed by atoms with Gasteiger partial charge in [0.1, 0.15) is 5.76 Å². The Balaban J connectivity index is 1.92. The van der Waals surface area contributed by atoms with Crippen LogP contribution in [0.5, 0.6) is 0 Å². The van der Waals surface area contributed by atoms with E-state index in [1.807, 2.05) is 24.3 Å². The van der Waals surface area contributed by atoms with E-state index in [9.17, 15) is 0 Å². The lowest BCUT2D eigenvalue weighted by Gasteiger charge is -2.22. The monoisotopic (exact) mass is 284 g/mol. The average Bonchev–Trinajstić information content (AvgIpc) is 2.41. The van der Waals surface area contributed by atoms with Gasteiger partial charge in [0.15, 0.2) is 0 Å². The van der Waals surface area contributed by atoms with E-state index >= 15 is 0 Å². The molecule has 0 radical (unpaired) electrons. The number of rotatable bonds is 5. The minimum atomic E-state index is 0.0503. The number of halogens is 1. The molecule has 0 aliphatic carbocycles. The van der Waals surface area contributed by atoms with Crippen molar-refractivity contribution in [3.63, 3.8) is 0 Å². The molecule has 0 bridgehead atoms. The van der Waals surface area contributed by atoms with Gasteiger partial charge in [-0.15, -0.1) is 11.8 Å². The second kappa shape index (κ2) is 7.04. The fraction of sp³-hybridized carbons (Fsp3) is 0.385. The van der Waals surface area contributed by atoms with Crippen molar-refractivity contribution in [3.05, 3.63) is 41.1 Å². The summed E-state index contributed by atoms with van der Waals surface area (Å²) in [4.78, 5) is 1.14. The summed E-state index contributed by atoms with van der Waals surface area (Å²) in [6.07, 6.45) is 4.27. The van der Waals surface area contributed by atoms with Crippen LogP contribution in [0.3, 0.4) is 0 Å². The zero-order valence-electron chi connectivity index (χ0n) is 10.1. The highest BCUT2D eigenvalue weighted by Gasteiger charge is 2.16. The SMILES string of the molecule is NNC(CSc1cccc(Cl)c1)C1=CCCCO1. The van der Waals surface area contributed by atoms with Crippen LogP contribution in [0.2, 0.25) is 5.02 Å². The van der Waals surface area contributed by atoms with E-state index in [4.69, 9.17) is 22.2 Å². The smallest absolute Gasteiger partial charge is 0.111 e. The lowest BCUT2D eigenvalue weighted by molar-refractivity contribution is 0.172. The predicted molar refractivity (Wildman–Crippen MR) is 76.6 cm³/mol. The summed E-state index contributed by atoms with van der Waals surface area (Å²) in [5.74, 6) is 7.37. The Morgan fingerprint density at radius 3 is 3.06 bits per heavy atom. The fourth-order valence-electron chi connectivity index (χ4n) is 1.77. The van der Waals surface area contributed by atoms with Crippen LogP contribution in [0.25, 0.3) is 0 Å². The minimum Gasteiger partial charge on any atom is -0.497 e. The van der Waals surface area contributed by atoms with E-state index in [0.29, 0.717) is 0 Å². The molecule has 1 atom stereocenters. The third-order valence-electron chi connectivity index (χ3n) is 2.72. The molecule has 0 aromatic heterocycles. The Labute approximate surface area is 117 Å². The Bertz CT molecular complexity index is 425. The van der Waals surface area contributed by atoms with Gasteiger partial charge in [-0.05, 0) is 37.1 Å². The van der Waals surface area contributed by atoms with Crippen LogP contribution in [0.15, 0.2) is 41.0 Å². The molecule has 0 saturated heterocycles. The molecule has 0 saturated carbocycles. The van der Waals surface area contributed by atoms with Gasteiger partial charge in [0.05, 0.1) is 12.6 Å². The van der Waals surface area contributed by atoms with Crippen molar-refractivity contribution in [2.75, 3.05) is 12.4 Å². The number of benzene rings is 1. The molecule has 2 rings (SSSR count). The van der Waals surface area contributed by atoms with Crippen LogP contribution < -0.4 is 11.3 Å². The number of thioether (sulfide) groups is 1. The molecule has 0 spiro atoms. The van der Waals surface area contributed by atoms with Gasteiger partial charge in [0.2, 0.25) is 0 Å². The van der Waals surface area contributed by atoms with Gasteiger partial charge in [-0.25, -0.2) is 5.43 Å². The van der Waals surface area contributed by atoms with Crippen molar-refractivity contribution >= 4 is 23.4 Å². The summed E-state index contributed by atoms with van der Waals surface area (Å²) in [7, 11) is 0. The number of nitrogens with two attached hydrogens (primary N) is 1. The quantitative estimate of drug-likeness (QED) is 0.496. The summed E-state index contributed by atoms with van der Waals surface area (Å²) < 4.78 is 5.62. The van der Waals surface area contributed by atoms with E-state index in [0.717, 1.165) is 40.9 Å². The predicted octanol–water partition coefficient (Wildman–Crippen LogP) is 2.96. The lowest BCUT2D eigenvalue weighted by Crippen LogP contribution is -2.39. The minimum absolute atomic E-state index is 0.0503. The van der Waals surface area contributed by atoms with Gasteiger partial charge in [-0.2, -0.15) is 0 Å². The van der Waals surface area contributed by atoms with Crippen LogP contribution in [0.4, 0.5) is 0 Å². The molecular weight excluding hydrogens is 268 g/mol. The summed E-state index contributed by atoms with van der Waals surface area (Å²) >= 11 is 7.67. The van der Waals surface area contributed by atoms with E-state index in [1.54, 1.807) is 11.8 Å². The van der Waals surface area contributed by atoms with E-state index < -0.39 is 0 Å². The second-order valence-corrected chi connectivity index (χ2v) is 5.61. The Morgan fingerprint density at radius 1 is 1.50 bits per heavy atom. The zero-order chi connectivity index (χ0) is 12.8. The molecule has 5 heteroatoms. The molecule has 1 aliphatic heterocycles. The van der Waals surface area contributed by atoms with Gasteiger partial charge in [-0.1, -0.05) is 17.7 Å². The maximum Gasteiger partial charge on any atom is 0.111 e. The average molecular weight is 285 g/mol. The van der Waals surface area contributed by atoms with Gasteiger partial charge in [0.25, 0.3) is 0 Å². The number of hydrazine groups is 1. The molecule has 3 N–H and O–H groups in total. The molecule has 3 nitrogen and oxygen atoms in total. The van der Waals surface area contributed by atoms with Crippen LogP contribution in [-0.2, 0) is 4.74 Å². The molecule has 1 unspecified atom stereocenters. The first-order valence-electron chi connectivity index (χ1n) is 5.97. The van der Waals surface area contributed by atoms with Crippen LogP contribution in [-0.4, -0.2) is 18.4 Å². The van der Waals surface area contributed by atoms with Crippen molar-refractivity contribution in [3.8, 4) is 0 Å². The molecular formula is C13H17ClN2OS. The molecule has 0 fully saturated rings. The number of allylic oxidation sites excluding steroid dienone is 1. The molecule has 1 heterocycles. The molecule has 0 amide bonds. The van der Waals surface area contributed by atoms with E-state index in [-0.39, 0.29) is 6.04 Å². The van der Waals surface area contributed by atoms with Crippen LogP contribution >= 0.6 is 23.4 Å². The van der Waals surface area contributed by atoms with Crippen LogP contribution in [0.1, 0.15) is 12.8 Å². The first-order chi connectivity index (χ1) is 8.79. The normalized spacial score (nSPS) is 16.9. The first kappa shape index (κ1) is 13.7. The molecule has 98 valence electrons. The van der Waals surface area contributed by atoms with Gasteiger partial charge < -0.3 is 4.74 Å². The number of ether oxygens (including phenoxy) is 1. The summed E-state index contributed by atoms with van der Waals surface area (Å²) in [5, 5.41) is 0.755. The van der Waals surface area contributed by atoms with E-state index in [2.05, 4.69) is 11.5 Å². The summed E-state index contributed by atoms with van der Waals surface area (Å²) in [5.41, 5.74) is 2.81. The maximum atomic E-state index is 5.95. The molecule has 18 heavy (non-hydrogen) atoms. The number of hydrogen-bond donors (Lipinski definition) is 2. The maximum absolute atomic E-state index is 5.95. The van der Waals surface area contributed by atoms with Crippen molar-refractivity contribution in [2.24, 2.45) is 5.84 Å². The van der Waals surface area contributed by atoms with Crippen molar-refractivity contribution in [1.29, 1.82) is 0 Å². The van der Waals surface area contributed by atoms with Gasteiger partial charge >= 0.3 is 0 Å². The zero-order valence-corrected chi connectivity index (χ0v) is 11.6. The Kier molecular flexibility index (Phi) is 5.38. The van der Waals surface area contributed by atoms with E-state index in [1.165, 1.54) is 0 Å². The largest absolute Gasteiger partial charge is 0.497 e. The highest BCUT2D eigenvalue weighted by atomic mass is 35.5. The third-order valence-corrected chi connectivity index (χ3v) is 4.04. The van der Waals surface area contributed by atoms with Crippen molar-refractivity contribution < 1.29 is 4.74 Å². The fourth-order valence-corrected chi connectivity index (χ4v) is 3.03. The topological polar surface area (TPSA) is 47.3 Å². The highest BCUT2D eigenvalue weighted by Crippen LogP contribution is 2.24. The van der Waals surface area contributed by atoms with Crippen molar-refractivity contribution in [2.45, 2.75) is 23.8 Å². The third kappa shape index (κ3) is 3.92. The van der Waals surface area contributed by atoms with Gasteiger partial charge in [-0.3, -0.25) is 5.84 Å². The lowest BCUT2D eigenvalue weighted by atomic mass is 10.2. The van der Waals surface area contributed by atoms with Crippen LogP contribution in [0, 0.1) is 0 Å².